The van der Waals surface area contributed by atoms with E-state index < -0.39 is 0 Å². The van der Waals surface area contributed by atoms with Crippen molar-refractivity contribution < 1.29 is 19.1 Å². The molecule has 2 amide bonds. The number of amides is 2. The largest absolute Gasteiger partial charge is 0.484 e. The number of hydrogen-bond donors (Lipinski definition) is 1. The molecule has 2 aliphatic heterocycles. The van der Waals surface area contributed by atoms with Crippen molar-refractivity contribution in [1.82, 2.24) is 10.2 Å². The highest BCUT2D eigenvalue weighted by Gasteiger charge is 2.51. The predicted octanol–water partition coefficient (Wildman–Crippen LogP) is 1.85. The Labute approximate surface area is 154 Å². The van der Waals surface area contributed by atoms with Crippen molar-refractivity contribution in [3.05, 3.63) is 30.3 Å². The smallest absolute Gasteiger partial charge is 0.260 e. The van der Waals surface area contributed by atoms with Crippen LogP contribution < -0.4 is 10.1 Å². The molecule has 0 radical (unpaired) electrons. The number of hydrogen-bond acceptors (Lipinski definition) is 4. The normalized spacial score (nSPS) is 21.8. The van der Waals surface area contributed by atoms with Crippen LogP contribution in [0.5, 0.6) is 5.75 Å². The molecular formula is C20H28N2O4. The maximum atomic E-state index is 12.8. The average Bonchev–Trinajstić information content (AvgIpc) is 2.99. The van der Waals surface area contributed by atoms with Gasteiger partial charge in [-0.1, -0.05) is 18.2 Å². The standard InChI is InChI=1S/C20H28N2O4/c1-15(2)21-19(24)17-12-22(14-20(17)8-10-25-11-9-20)18(23)13-26-16-6-4-3-5-7-16/h3-7,15,17H,8-14H2,1-2H3,(H,21,24). The molecule has 6 nitrogen and oxygen atoms in total. The van der Waals surface area contributed by atoms with E-state index in [1.54, 1.807) is 4.90 Å². The van der Waals surface area contributed by atoms with E-state index in [-0.39, 0.29) is 35.8 Å². The summed E-state index contributed by atoms with van der Waals surface area (Å²) in [5.74, 6) is 0.463. The van der Waals surface area contributed by atoms with Crippen molar-refractivity contribution >= 4 is 11.8 Å². The number of carbonyl (C=O) groups is 2. The maximum Gasteiger partial charge on any atom is 0.260 e. The third-order valence-corrected chi connectivity index (χ3v) is 5.34. The second kappa shape index (κ2) is 8.08. The van der Waals surface area contributed by atoms with E-state index in [0.717, 1.165) is 12.8 Å². The molecule has 0 saturated carbocycles. The quantitative estimate of drug-likeness (QED) is 0.870. The SMILES string of the molecule is CC(C)NC(=O)C1CN(C(=O)COc2ccccc2)CC12CCOCC2. The number of likely N-dealkylation sites (tertiary alicyclic amines) is 1. The van der Waals surface area contributed by atoms with Gasteiger partial charge in [0.2, 0.25) is 5.91 Å². The fourth-order valence-corrected chi connectivity index (χ4v) is 3.94. The molecule has 2 aliphatic rings. The summed E-state index contributed by atoms with van der Waals surface area (Å²) in [5, 5.41) is 3.02. The zero-order valence-electron chi connectivity index (χ0n) is 15.6. The molecule has 3 rings (SSSR count). The van der Waals surface area contributed by atoms with E-state index in [9.17, 15) is 9.59 Å². The van der Waals surface area contributed by atoms with E-state index >= 15 is 0 Å². The number of para-hydroxylation sites is 1. The molecule has 0 aliphatic carbocycles. The van der Waals surface area contributed by atoms with Crippen molar-refractivity contribution in [2.45, 2.75) is 32.7 Å². The molecule has 6 heteroatoms. The molecule has 2 fully saturated rings. The van der Waals surface area contributed by atoms with Crippen LogP contribution in [-0.2, 0) is 14.3 Å². The minimum absolute atomic E-state index is 0.00485. The average molecular weight is 360 g/mol. The Bertz CT molecular complexity index is 626. The lowest BCUT2D eigenvalue weighted by atomic mass is 9.71. The number of nitrogens with one attached hydrogen (secondary N) is 1. The first-order valence-electron chi connectivity index (χ1n) is 9.34. The van der Waals surface area contributed by atoms with Crippen LogP contribution in [0.4, 0.5) is 0 Å². The monoisotopic (exact) mass is 360 g/mol. The molecule has 0 aromatic heterocycles. The van der Waals surface area contributed by atoms with Crippen molar-refractivity contribution in [2.75, 3.05) is 32.9 Å². The Hall–Kier alpha value is -2.08. The third kappa shape index (κ3) is 4.18. The van der Waals surface area contributed by atoms with Crippen molar-refractivity contribution in [3.8, 4) is 5.75 Å². The third-order valence-electron chi connectivity index (χ3n) is 5.34. The van der Waals surface area contributed by atoms with Gasteiger partial charge < -0.3 is 19.7 Å². The fourth-order valence-electron chi connectivity index (χ4n) is 3.94. The molecule has 142 valence electrons. The second-order valence-electron chi connectivity index (χ2n) is 7.57. The molecule has 1 aromatic rings. The summed E-state index contributed by atoms with van der Waals surface area (Å²) in [4.78, 5) is 27.2. The van der Waals surface area contributed by atoms with Gasteiger partial charge in [-0.15, -0.1) is 0 Å². The first-order chi connectivity index (χ1) is 12.5. The summed E-state index contributed by atoms with van der Waals surface area (Å²) in [5.41, 5.74) is -0.181. The Morgan fingerprint density at radius 2 is 1.96 bits per heavy atom. The maximum absolute atomic E-state index is 12.8. The van der Waals surface area contributed by atoms with Gasteiger partial charge in [-0.05, 0) is 38.8 Å². The van der Waals surface area contributed by atoms with Crippen LogP contribution in [0.3, 0.4) is 0 Å². The number of carbonyl (C=O) groups excluding carboxylic acids is 2. The Kier molecular flexibility index (Phi) is 5.81. The molecular weight excluding hydrogens is 332 g/mol. The van der Waals surface area contributed by atoms with E-state index in [1.807, 2.05) is 44.2 Å². The van der Waals surface area contributed by atoms with Gasteiger partial charge in [0.1, 0.15) is 5.75 Å². The molecule has 26 heavy (non-hydrogen) atoms. The Morgan fingerprint density at radius 1 is 1.27 bits per heavy atom. The summed E-state index contributed by atoms with van der Waals surface area (Å²) >= 11 is 0. The Balaban J connectivity index is 1.67. The van der Waals surface area contributed by atoms with Gasteiger partial charge in [-0.25, -0.2) is 0 Å². The Morgan fingerprint density at radius 3 is 2.62 bits per heavy atom. The number of nitrogens with zero attached hydrogens (tertiary/aromatic N) is 1. The fraction of sp³-hybridized carbons (Fsp3) is 0.600. The van der Waals surface area contributed by atoms with Gasteiger partial charge in [0.05, 0.1) is 5.92 Å². The van der Waals surface area contributed by atoms with Crippen LogP contribution in [0, 0.1) is 11.3 Å². The van der Waals surface area contributed by atoms with E-state index in [4.69, 9.17) is 9.47 Å². The molecule has 0 bridgehead atoms. The first kappa shape index (κ1) is 18.7. The predicted molar refractivity (Wildman–Crippen MR) is 97.8 cm³/mol. The van der Waals surface area contributed by atoms with Gasteiger partial charge in [0.15, 0.2) is 6.61 Å². The summed E-state index contributed by atoms with van der Waals surface area (Å²) in [7, 11) is 0. The van der Waals surface area contributed by atoms with Crippen LogP contribution in [0.15, 0.2) is 30.3 Å². The van der Waals surface area contributed by atoms with E-state index in [0.29, 0.717) is 32.1 Å². The minimum atomic E-state index is -0.186. The second-order valence-corrected chi connectivity index (χ2v) is 7.57. The molecule has 1 aromatic carbocycles. The van der Waals surface area contributed by atoms with Crippen LogP contribution >= 0.6 is 0 Å². The van der Waals surface area contributed by atoms with E-state index in [1.165, 1.54) is 0 Å². The van der Waals surface area contributed by atoms with Gasteiger partial charge in [-0.2, -0.15) is 0 Å². The van der Waals surface area contributed by atoms with Crippen molar-refractivity contribution in [1.29, 1.82) is 0 Å². The topological polar surface area (TPSA) is 67.9 Å². The molecule has 2 saturated heterocycles. The van der Waals surface area contributed by atoms with Crippen molar-refractivity contribution in [2.24, 2.45) is 11.3 Å². The lowest BCUT2D eigenvalue weighted by Gasteiger charge is -2.37. The summed E-state index contributed by atoms with van der Waals surface area (Å²) < 4.78 is 11.1. The highest BCUT2D eigenvalue weighted by Crippen LogP contribution is 2.44. The van der Waals surface area contributed by atoms with Crippen LogP contribution in [-0.4, -0.2) is 55.7 Å². The summed E-state index contributed by atoms with van der Waals surface area (Å²) in [6.45, 7) is 6.26. The lowest BCUT2D eigenvalue weighted by molar-refractivity contribution is -0.133. The molecule has 1 unspecified atom stereocenters. The zero-order chi connectivity index (χ0) is 18.6. The van der Waals surface area contributed by atoms with Gasteiger partial charge in [0, 0.05) is 37.8 Å². The lowest BCUT2D eigenvalue weighted by Crippen LogP contribution is -2.46. The van der Waals surface area contributed by atoms with Gasteiger partial charge in [0.25, 0.3) is 5.91 Å². The first-order valence-corrected chi connectivity index (χ1v) is 9.34. The van der Waals surface area contributed by atoms with Gasteiger partial charge >= 0.3 is 0 Å². The van der Waals surface area contributed by atoms with Crippen LogP contribution in [0.25, 0.3) is 0 Å². The number of rotatable bonds is 5. The van der Waals surface area contributed by atoms with Crippen LogP contribution in [0.1, 0.15) is 26.7 Å². The highest BCUT2D eigenvalue weighted by molar-refractivity contribution is 5.84. The van der Waals surface area contributed by atoms with Gasteiger partial charge in [-0.3, -0.25) is 9.59 Å². The summed E-state index contributed by atoms with van der Waals surface area (Å²) in [6, 6.07) is 9.40. The minimum Gasteiger partial charge on any atom is -0.484 e. The number of benzene rings is 1. The molecule has 1 atom stereocenters. The highest BCUT2D eigenvalue weighted by atomic mass is 16.5. The van der Waals surface area contributed by atoms with Crippen molar-refractivity contribution in [3.63, 3.8) is 0 Å². The van der Waals surface area contributed by atoms with E-state index in [2.05, 4.69) is 5.32 Å². The van der Waals surface area contributed by atoms with Crippen LogP contribution in [0.2, 0.25) is 0 Å². The summed E-state index contributed by atoms with van der Waals surface area (Å²) in [6.07, 6.45) is 1.62. The molecule has 2 heterocycles. The number of ether oxygens (including phenoxy) is 2. The molecule has 1 N–H and O–H groups in total. The zero-order valence-corrected chi connectivity index (χ0v) is 15.6. The molecule has 1 spiro atoms.